The lowest BCUT2D eigenvalue weighted by Gasteiger charge is -2.03. The van der Waals surface area contributed by atoms with E-state index in [2.05, 4.69) is 19.2 Å². The number of carbonyl (C=O) groups is 2. The summed E-state index contributed by atoms with van der Waals surface area (Å²) in [5, 5.41) is 4.21. The number of aryl methyl sites for hydroxylation is 1. The molecular formula is C33H54N2O3. The quantitative estimate of drug-likeness (QED) is 0.154. The molecule has 1 N–H and O–H groups in total. The van der Waals surface area contributed by atoms with Crippen molar-refractivity contribution in [3.63, 3.8) is 0 Å². The van der Waals surface area contributed by atoms with Crippen LogP contribution < -0.4 is 10.1 Å². The van der Waals surface area contributed by atoms with Gasteiger partial charge in [0.2, 0.25) is 0 Å². The molecule has 1 heterocycles. The van der Waals surface area contributed by atoms with Crippen molar-refractivity contribution in [1.82, 2.24) is 9.88 Å². The van der Waals surface area contributed by atoms with Gasteiger partial charge in [-0.3, -0.25) is 4.79 Å². The maximum Gasteiger partial charge on any atom is 0.195 e. The molecule has 214 valence electrons. The van der Waals surface area contributed by atoms with Crippen LogP contribution >= 0.6 is 0 Å². The molecule has 0 unspecified atom stereocenters. The third-order valence-corrected chi connectivity index (χ3v) is 5.33. The Kier molecular flexibility index (Phi) is 23.9. The molecule has 0 fully saturated rings. The number of ketones is 1. The molecule has 0 spiro atoms. The SMILES string of the molecule is CC.CC.CC.CCCCNCCCC.COc1ccc2c(C(=O)c3ccc(C)cc3)cn(CC=O)c2c1. The zero-order chi connectivity index (χ0) is 29.3. The molecule has 5 nitrogen and oxygen atoms in total. The van der Waals surface area contributed by atoms with E-state index in [0.29, 0.717) is 16.9 Å². The van der Waals surface area contributed by atoms with Gasteiger partial charge >= 0.3 is 0 Å². The fraction of sp³-hybridized carbons (Fsp3) is 0.515. The van der Waals surface area contributed by atoms with Crippen LogP contribution in [0.15, 0.2) is 48.7 Å². The minimum absolute atomic E-state index is 0.0511. The van der Waals surface area contributed by atoms with Crippen molar-refractivity contribution in [3.05, 3.63) is 65.4 Å². The molecule has 0 amide bonds. The van der Waals surface area contributed by atoms with Crippen molar-refractivity contribution in [3.8, 4) is 5.75 Å². The lowest BCUT2D eigenvalue weighted by Crippen LogP contribution is -2.15. The summed E-state index contributed by atoms with van der Waals surface area (Å²) in [4.78, 5) is 23.7. The molecule has 0 saturated carbocycles. The molecule has 0 saturated heterocycles. The Labute approximate surface area is 233 Å². The number of nitrogens with zero attached hydrogens (tertiary/aromatic N) is 1. The molecule has 0 aliphatic heterocycles. The molecule has 0 aliphatic rings. The number of rotatable bonds is 11. The number of nitrogens with one attached hydrogen (secondary N) is 1. The predicted molar refractivity (Wildman–Crippen MR) is 166 cm³/mol. The van der Waals surface area contributed by atoms with Gasteiger partial charge in [0.15, 0.2) is 5.78 Å². The highest BCUT2D eigenvalue weighted by atomic mass is 16.5. The van der Waals surface area contributed by atoms with Gasteiger partial charge < -0.3 is 19.4 Å². The fourth-order valence-electron chi connectivity index (χ4n) is 3.40. The summed E-state index contributed by atoms with van der Waals surface area (Å²) < 4.78 is 7.01. The van der Waals surface area contributed by atoms with Crippen LogP contribution in [-0.2, 0) is 11.3 Å². The van der Waals surface area contributed by atoms with Crippen LogP contribution in [0.4, 0.5) is 0 Å². The number of carbonyl (C=O) groups excluding carboxylic acids is 2. The van der Waals surface area contributed by atoms with Gasteiger partial charge in [0, 0.05) is 28.8 Å². The van der Waals surface area contributed by atoms with Crippen molar-refractivity contribution >= 4 is 23.0 Å². The van der Waals surface area contributed by atoms with Gasteiger partial charge in [0.05, 0.1) is 19.2 Å². The van der Waals surface area contributed by atoms with Crippen molar-refractivity contribution in [1.29, 1.82) is 0 Å². The number of aldehydes is 1. The average molecular weight is 527 g/mol. The molecule has 5 heteroatoms. The van der Waals surface area contributed by atoms with Crippen molar-refractivity contribution in [2.45, 2.75) is 94.5 Å². The topological polar surface area (TPSA) is 60.3 Å². The Bertz CT molecular complexity index is 985. The molecule has 3 aromatic rings. The van der Waals surface area contributed by atoms with Crippen LogP contribution in [0.1, 0.15) is 103 Å². The number of unbranched alkanes of at least 4 members (excludes halogenated alkanes) is 2. The number of fused-ring (bicyclic) bond motifs is 1. The average Bonchev–Trinajstić information content (AvgIpc) is 3.34. The minimum Gasteiger partial charge on any atom is -0.497 e. The van der Waals surface area contributed by atoms with Crippen LogP contribution in [-0.4, -0.2) is 36.8 Å². The Morgan fingerprint density at radius 3 is 1.92 bits per heavy atom. The summed E-state index contributed by atoms with van der Waals surface area (Å²) in [6.45, 7) is 21.0. The molecule has 38 heavy (non-hydrogen) atoms. The molecule has 3 rings (SSSR count). The van der Waals surface area contributed by atoms with E-state index in [1.807, 2.05) is 90.9 Å². The Morgan fingerprint density at radius 2 is 1.45 bits per heavy atom. The monoisotopic (exact) mass is 526 g/mol. The van der Waals surface area contributed by atoms with E-state index in [9.17, 15) is 9.59 Å². The second-order valence-electron chi connectivity index (χ2n) is 7.90. The third kappa shape index (κ3) is 13.0. The van der Waals surface area contributed by atoms with E-state index in [-0.39, 0.29) is 12.3 Å². The largest absolute Gasteiger partial charge is 0.497 e. The van der Waals surface area contributed by atoms with Gasteiger partial charge in [0.1, 0.15) is 12.0 Å². The van der Waals surface area contributed by atoms with E-state index in [1.54, 1.807) is 17.9 Å². The van der Waals surface area contributed by atoms with Crippen molar-refractivity contribution in [2.24, 2.45) is 0 Å². The fourth-order valence-corrected chi connectivity index (χ4v) is 3.40. The summed E-state index contributed by atoms with van der Waals surface area (Å²) in [7, 11) is 1.59. The molecule has 0 radical (unpaired) electrons. The smallest absolute Gasteiger partial charge is 0.195 e. The highest BCUT2D eigenvalue weighted by molar-refractivity contribution is 6.16. The van der Waals surface area contributed by atoms with Crippen LogP contribution in [0.3, 0.4) is 0 Å². The lowest BCUT2D eigenvalue weighted by molar-refractivity contribution is -0.108. The van der Waals surface area contributed by atoms with Crippen molar-refractivity contribution < 1.29 is 14.3 Å². The Hall–Kier alpha value is -2.92. The summed E-state index contributed by atoms with van der Waals surface area (Å²) in [6, 6.07) is 13.0. The minimum atomic E-state index is -0.0511. The molecule has 1 aromatic heterocycles. The Morgan fingerprint density at radius 1 is 0.895 bits per heavy atom. The highest BCUT2D eigenvalue weighted by Crippen LogP contribution is 2.27. The van der Waals surface area contributed by atoms with Gasteiger partial charge in [-0.2, -0.15) is 0 Å². The standard InChI is InChI=1S/C19H17NO3.C8H19N.3C2H6/c1-13-3-5-14(6-4-13)19(22)17-12-20(9-10-21)18-11-15(23-2)7-8-16(17)18;1-3-5-7-9-8-6-4-2;3*1-2/h3-8,10-12H,9H2,1-2H3;9H,3-8H2,1-2H3;3*1-2H3. The molecule has 0 bridgehead atoms. The molecule has 0 aliphatic carbocycles. The van der Waals surface area contributed by atoms with E-state index in [0.717, 1.165) is 22.8 Å². The van der Waals surface area contributed by atoms with E-state index >= 15 is 0 Å². The summed E-state index contributed by atoms with van der Waals surface area (Å²) in [5.41, 5.74) is 3.14. The number of benzene rings is 2. The zero-order valence-corrected chi connectivity index (χ0v) is 25.8. The van der Waals surface area contributed by atoms with Crippen molar-refractivity contribution in [2.75, 3.05) is 20.2 Å². The van der Waals surface area contributed by atoms with Gasteiger partial charge in [-0.15, -0.1) is 0 Å². The van der Waals surface area contributed by atoms with Crippen LogP contribution in [0.5, 0.6) is 5.75 Å². The number of methoxy groups -OCH3 is 1. The number of aromatic nitrogens is 1. The summed E-state index contributed by atoms with van der Waals surface area (Å²) in [5.74, 6) is 0.641. The van der Waals surface area contributed by atoms with Crippen LogP contribution in [0, 0.1) is 6.92 Å². The predicted octanol–water partition coefficient (Wildman–Crippen LogP) is 8.64. The maximum atomic E-state index is 12.8. The van der Waals surface area contributed by atoms with Gasteiger partial charge in [0.25, 0.3) is 0 Å². The second kappa shape index (κ2) is 24.4. The first-order valence-corrected chi connectivity index (χ1v) is 14.5. The first-order chi connectivity index (χ1) is 18.5. The number of hydrogen-bond donors (Lipinski definition) is 1. The van der Waals surface area contributed by atoms with Gasteiger partial charge in [-0.05, 0) is 45.0 Å². The number of ether oxygens (including phenoxy) is 1. The van der Waals surface area contributed by atoms with E-state index in [4.69, 9.17) is 4.74 Å². The van der Waals surface area contributed by atoms with Gasteiger partial charge in [-0.1, -0.05) is 98.1 Å². The zero-order valence-electron chi connectivity index (χ0n) is 25.8. The van der Waals surface area contributed by atoms with Crippen LogP contribution in [0.2, 0.25) is 0 Å². The van der Waals surface area contributed by atoms with E-state index < -0.39 is 0 Å². The first-order valence-electron chi connectivity index (χ1n) is 14.5. The lowest BCUT2D eigenvalue weighted by atomic mass is 10.0. The molecular weight excluding hydrogens is 472 g/mol. The van der Waals surface area contributed by atoms with E-state index in [1.165, 1.54) is 38.8 Å². The summed E-state index contributed by atoms with van der Waals surface area (Å²) in [6.07, 6.45) is 7.81. The number of hydrogen-bond acceptors (Lipinski definition) is 4. The summed E-state index contributed by atoms with van der Waals surface area (Å²) >= 11 is 0. The Balaban J connectivity index is 0. The molecule has 0 atom stereocenters. The van der Waals surface area contributed by atoms with Crippen LogP contribution in [0.25, 0.3) is 10.9 Å². The molecule has 2 aromatic carbocycles. The van der Waals surface area contributed by atoms with Gasteiger partial charge in [-0.25, -0.2) is 0 Å². The second-order valence-corrected chi connectivity index (χ2v) is 7.90. The normalized spacial score (nSPS) is 9.32. The first kappa shape index (κ1) is 37.2. The third-order valence-electron chi connectivity index (χ3n) is 5.33. The maximum absolute atomic E-state index is 12.8. The highest BCUT2D eigenvalue weighted by Gasteiger charge is 2.17.